The fraction of sp³-hybridized carbons (Fsp3) is 0.417. The number of nitrogens with one attached hydrogen (secondary N) is 1. The van der Waals surface area contributed by atoms with Crippen LogP contribution in [0.15, 0.2) is 17.5 Å². The standard InChI is InChI=1S/C12H13FN4O5/c13-2-1-6-15-10-7(11(21)16-6)14-4-17(10)12-9(20)8(19)5(3-18)22-12/h1-2,4-5,8-9,12,18-20H,3H2,(H,15,16,21)/t5-,8?,9?,12-/m1/s1. The van der Waals surface area contributed by atoms with Gasteiger partial charge in [0.1, 0.15) is 24.1 Å². The van der Waals surface area contributed by atoms with Gasteiger partial charge in [-0.1, -0.05) is 0 Å². The Labute approximate surface area is 122 Å². The summed E-state index contributed by atoms with van der Waals surface area (Å²) >= 11 is 0. The van der Waals surface area contributed by atoms with E-state index in [0.717, 1.165) is 6.08 Å². The van der Waals surface area contributed by atoms with E-state index in [1.807, 2.05) is 0 Å². The number of H-pyrrole nitrogens is 1. The van der Waals surface area contributed by atoms with Crippen LogP contribution in [0.3, 0.4) is 0 Å². The first kappa shape index (κ1) is 14.8. The zero-order valence-corrected chi connectivity index (χ0v) is 11.1. The fourth-order valence-corrected chi connectivity index (χ4v) is 2.38. The minimum atomic E-state index is -1.34. The maximum absolute atomic E-state index is 12.3. The number of aromatic nitrogens is 4. The third-order valence-electron chi connectivity index (χ3n) is 3.46. The van der Waals surface area contributed by atoms with E-state index in [-0.39, 0.29) is 23.3 Å². The first-order valence-corrected chi connectivity index (χ1v) is 6.43. The van der Waals surface area contributed by atoms with E-state index in [1.54, 1.807) is 0 Å². The molecule has 2 aromatic rings. The molecule has 0 aromatic carbocycles. The van der Waals surface area contributed by atoms with Crippen molar-refractivity contribution in [3.8, 4) is 0 Å². The van der Waals surface area contributed by atoms with Crippen molar-refractivity contribution < 1.29 is 24.4 Å². The quantitative estimate of drug-likeness (QED) is 0.552. The number of aromatic amines is 1. The summed E-state index contributed by atoms with van der Waals surface area (Å²) in [5.74, 6) is -0.0338. The molecule has 0 amide bonds. The smallest absolute Gasteiger partial charge is 0.279 e. The van der Waals surface area contributed by atoms with Crippen LogP contribution in [0, 0.1) is 0 Å². The second-order valence-electron chi connectivity index (χ2n) is 4.80. The molecule has 3 heterocycles. The molecule has 2 unspecified atom stereocenters. The number of rotatable bonds is 3. The van der Waals surface area contributed by atoms with E-state index in [1.165, 1.54) is 10.9 Å². The van der Waals surface area contributed by atoms with Crippen molar-refractivity contribution in [3.05, 3.63) is 28.8 Å². The monoisotopic (exact) mass is 312 g/mol. The van der Waals surface area contributed by atoms with Gasteiger partial charge in [0.2, 0.25) is 0 Å². The van der Waals surface area contributed by atoms with Crippen molar-refractivity contribution in [2.24, 2.45) is 0 Å². The van der Waals surface area contributed by atoms with Crippen LogP contribution in [-0.4, -0.2) is 59.8 Å². The van der Waals surface area contributed by atoms with Gasteiger partial charge in [0.05, 0.1) is 19.3 Å². The summed E-state index contributed by atoms with van der Waals surface area (Å²) in [6.45, 7) is -0.481. The van der Waals surface area contributed by atoms with Gasteiger partial charge in [-0.3, -0.25) is 9.36 Å². The third kappa shape index (κ3) is 2.22. The predicted molar refractivity (Wildman–Crippen MR) is 71.3 cm³/mol. The van der Waals surface area contributed by atoms with Crippen molar-refractivity contribution in [3.63, 3.8) is 0 Å². The lowest BCUT2D eigenvalue weighted by Crippen LogP contribution is -2.33. The second kappa shape index (κ2) is 5.57. The van der Waals surface area contributed by atoms with Gasteiger partial charge in [-0.25, -0.2) is 14.4 Å². The molecule has 118 valence electrons. The van der Waals surface area contributed by atoms with Gasteiger partial charge in [-0.2, -0.15) is 0 Å². The van der Waals surface area contributed by atoms with Crippen LogP contribution in [0.25, 0.3) is 17.2 Å². The maximum Gasteiger partial charge on any atom is 0.279 e. The van der Waals surface area contributed by atoms with Crippen LogP contribution >= 0.6 is 0 Å². The summed E-state index contributed by atoms with van der Waals surface area (Å²) in [6.07, 6.45) is -2.28. The minimum absolute atomic E-state index is 0.0197. The van der Waals surface area contributed by atoms with E-state index < -0.39 is 36.7 Å². The molecule has 0 saturated carbocycles. The lowest BCUT2D eigenvalue weighted by atomic mass is 10.1. The van der Waals surface area contributed by atoms with Crippen LogP contribution in [-0.2, 0) is 4.74 Å². The average Bonchev–Trinajstić information content (AvgIpc) is 3.03. The molecule has 0 aliphatic carbocycles. The van der Waals surface area contributed by atoms with Gasteiger partial charge >= 0.3 is 0 Å². The van der Waals surface area contributed by atoms with Gasteiger partial charge in [-0.05, 0) is 0 Å². The lowest BCUT2D eigenvalue weighted by molar-refractivity contribution is -0.0511. The Kier molecular flexibility index (Phi) is 3.74. The van der Waals surface area contributed by atoms with Crippen molar-refractivity contribution in [1.29, 1.82) is 0 Å². The van der Waals surface area contributed by atoms with Gasteiger partial charge in [0.25, 0.3) is 5.56 Å². The van der Waals surface area contributed by atoms with Crippen LogP contribution in [0.4, 0.5) is 4.39 Å². The first-order valence-electron chi connectivity index (χ1n) is 6.43. The molecule has 3 rings (SSSR count). The highest BCUT2D eigenvalue weighted by Crippen LogP contribution is 2.30. The van der Waals surface area contributed by atoms with E-state index in [0.29, 0.717) is 0 Å². The number of ether oxygens (including phenoxy) is 1. The van der Waals surface area contributed by atoms with Crippen molar-refractivity contribution >= 4 is 17.2 Å². The molecule has 9 nitrogen and oxygen atoms in total. The lowest BCUT2D eigenvalue weighted by Gasteiger charge is -2.16. The largest absolute Gasteiger partial charge is 0.394 e. The van der Waals surface area contributed by atoms with Gasteiger partial charge in [-0.15, -0.1) is 0 Å². The van der Waals surface area contributed by atoms with Crippen LogP contribution in [0.5, 0.6) is 0 Å². The number of imidazole rings is 1. The molecule has 1 aliphatic heterocycles. The summed E-state index contributed by atoms with van der Waals surface area (Å²) in [4.78, 5) is 22.1. The number of hydrogen-bond acceptors (Lipinski definition) is 7. The minimum Gasteiger partial charge on any atom is -0.394 e. The summed E-state index contributed by atoms with van der Waals surface area (Å²) in [7, 11) is 0. The molecule has 0 radical (unpaired) electrons. The van der Waals surface area contributed by atoms with Crippen LogP contribution < -0.4 is 5.56 Å². The van der Waals surface area contributed by atoms with Crippen molar-refractivity contribution in [1.82, 2.24) is 19.5 Å². The van der Waals surface area contributed by atoms with Gasteiger partial charge < -0.3 is 25.0 Å². The highest BCUT2D eigenvalue weighted by molar-refractivity contribution is 5.70. The third-order valence-corrected chi connectivity index (χ3v) is 3.46. The predicted octanol–water partition coefficient (Wildman–Crippen LogP) is -1.33. The number of aliphatic hydroxyl groups excluding tert-OH is 3. The Morgan fingerprint density at radius 2 is 2.23 bits per heavy atom. The normalized spacial score (nSPS) is 28.9. The fourth-order valence-electron chi connectivity index (χ4n) is 2.38. The molecular weight excluding hydrogens is 299 g/mol. The molecule has 0 spiro atoms. The zero-order valence-electron chi connectivity index (χ0n) is 11.1. The Bertz CT molecular complexity index is 772. The Balaban J connectivity index is 2.10. The number of halogens is 1. The van der Waals surface area contributed by atoms with E-state index >= 15 is 0 Å². The maximum atomic E-state index is 12.3. The summed E-state index contributed by atoms with van der Waals surface area (Å²) in [5, 5.41) is 28.9. The average molecular weight is 312 g/mol. The van der Waals surface area contributed by atoms with E-state index in [9.17, 15) is 19.4 Å². The molecule has 1 fully saturated rings. The molecule has 4 atom stereocenters. The van der Waals surface area contributed by atoms with Crippen molar-refractivity contribution in [2.45, 2.75) is 24.5 Å². The summed E-state index contributed by atoms with van der Waals surface area (Å²) in [5.41, 5.74) is -0.538. The van der Waals surface area contributed by atoms with Crippen LogP contribution in [0.2, 0.25) is 0 Å². The topological polar surface area (TPSA) is 133 Å². The van der Waals surface area contributed by atoms with E-state index in [2.05, 4.69) is 15.0 Å². The molecule has 4 N–H and O–H groups in total. The molecule has 2 aromatic heterocycles. The molecule has 10 heteroatoms. The number of fused-ring (bicyclic) bond motifs is 1. The molecular formula is C12H13FN4O5. The Hall–Kier alpha value is -2.14. The highest BCUT2D eigenvalue weighted by Gasteiger charge is 2.44. The number of nitrogens with zero attached hydrogens (tertiary/aromatic N) is 3. The van der Waals surface area contributed by atoms with Gasteiger partial charge in [0, 0.05) is 6.08 Å². The van der Waals surface area contributed by atoms with Crippen molar-refractivity contribution in [2.75, 3.05) is 6.61 Å². The summed E-state index contributed by atoms with van der Waals surface area (Å²) < 4.78 is 18.9. The van der Waals surface area contributed by atoms with Crippen LogP contribution in [0.1, 0.15) is 12.1 Å². The zero-order chi connectivity index (χ0) is 15.9. The number of aliphatic hydroxyl groups is 3. The highest BCUT2D eigenvalue weighted by atomic mass is 19.1. The second-order valence-corrected chi connectivity index (χ2v) is 4.80. The summed E-state index contributed by atoms with van der Waals surface area (Å²) in [6, 6.07) is 0. The Morgan fingerprint density at radius 1 is 1.45 bits per heavy atom. The molecule has 0 bridgehead atoms. The first-order chi connectivity index (χ1) is 10.6. The molecule has 22 heavy (non-hydrogen) atoms. The SMILES string of the molecule is O=c1[nH]c(C=CF)nc2c1ncn2[C@@H]1O[C@H](CO)C(O)C1O. The number of hydrogen-bond donors (Lipinski definition) is 4. The van der Waals surface area contributed by atoms with Gasteiger partial charge in [0.15, 0.2) is 17.4 Å². The molecule has 1 aliphatic rings. The van der Waals surface area contributed by atoms with E-state index in [4.69, 9.17) is 9.84 Å². The molecule has 1 saturated heterocycles. The Morgan fingerprint density at radius 3 is 2.86 bits per heavy atom.